The minimum absolute atomic E-state index is 0.0875. The Hall–Kier alpha value is -2.68. The number of hydrogen-bond acceptors (Lipinski definition) is 2. The Morgan fingerprint density at radius 2 is 1.52 bits per heavy atom. The smallest absolute Gasteiger partial charge is 0.210 e. The number of carbonyl (C=O) groups is 1. The fourth-order valence-corrected chi connectivity index (χ4v) is 3.58. The van der Waals surface area contributed by atoms with Crippen molar-refractivity contribution in [3.05, 3.63) is 98.7 Å². The lowest BCUT2D eigenvalue weighted by Crippen LogP contribution is -2.07. The third kappa shape index (κ3) is 3.34. The number of halogens is 2. The lowest BCUT2D eigenvalue weighted by atomic mass is 10.0. The van der Waals surface area contributed by atoms with E-state index < -0.39 is 0 Å². The number of carbonyl (C=O) groups excluding carboxylic acids is 1. The summed E-state index contributed by atoms with van der Waals surface area (Å²) in [4.78, 5) is 13.4. The highest BCUT2D eigenvalue weighted by Crippen LogP contribution is 2.31. The van der Waals surface area contributed by atoms with E-state index in [0.717, 1.165) is 25.6 Å². The number of fused-ring (bicyclic) bond motifs is 1. The van der Waals surface area contributed by atoms with E-state index in [9.17, 15) is 10.1 Å². The van der Waals surface area contributed by atoms with Crippen LogP contribution in [0.2, 0.25) is 0 Å². The van der Waals surface area contributed by atoms with Gasteiger partial charge >= 0.3 is 0 Å². The molecule has 0 N–H and O–H groups in total. The van der Waals surface area contributed by atoms with Crippen LogP contribution in [0, 0.1) is 11.3 Å². The Labute approximate surface area is 173 Å². The minimum atomic E-state index is -0.0875. The maximum absolute atomic E-state index is 13.4. The molecule has 5 heteroatoms. The second kappa shape index (κ2) is 7.15. The molecule has 0 aliphatic rings. The van der Waals surface area contributed by atoms with Crippen molar-refractivity contribution >= 4 is 43.2 Å². The standard InChI is InChI=1S/C22H12Br2N2O/c23-17-6-2-15(3-7-17)20-11-19-10-1-14(12-25)13-26(19)21(20)22(27)16-4-8-18(24)9-5-16/h1-11,13H. The van der Waals surface area contributed by atoms with Crippen LogP contribution in [0.25, 0.3) is 16.6 Å². The van der Waals surface area contributed by atoms with Gasteiger partial charge < -0.3 is 4.40 Å². The zero-order chi connectivity index (χ0) is 19.0. The Morgan fingerprint density at radius 1 is 0.889 bits per heavy atom. The van der Waals surface area contributed by atoms with Crippen molar-refractivity contribution in [1.82, 2.24) is 4.40 Å². The van der Waals surface area contributed by atoms with Crippen molar-refractivity contribution in [2.75, 3.05) is 0 Å². The average molecular weight is 480 g/mol. The number of nitrogens with zero attached hydrogens (tertiary/aromatic N) is 2. The van der Waals surface area contributed by atoms with Crippen LogP contribution >= 0.6 is 31.9 Å². The first-order valence-electron chi connectivity index (χ1n) is 8.18. The lowest BCUT2D eigenvalue weighted by molar-refractivity contribution is 0.103. The molecule has 0 fully saturated rings. The molecule has 4 aromatic rings. The average Bonchev–Trinajstić information content (AvgIpc) is 3.07. The summed E-state index contributed by atoms with van der Waals surface area (Å²) in [5.41, 5.74) is 4.30. The molecule has 0 spiro atoms. The number of nitriles is 1. The molecule has 0 atom stereocenters. The summed E-state index contributed by atoms with van der Waals surface area (Å²) >= 11 is 6.85. The Morgan fingerprint density at radius 3 is 2.15 bits per heavy atom. The van der Waals surface area contributed by atoms with Gasteiger partial charge in [-0.2, -0.15) is 5.26 Å². The number of benzene rings is 2. The predicted molar refractivity (Wildman–Crippen MR) is 113 cm³/mol. The molecule has 2 aromatic carbocycles. The fourth-order valence-electron chi connectivity index (χ4n) is 3.05. The molecule has 4 rings (SSSR count). The molecule has 0 saturated heterocycles. The summed E-state index contributed by atoms with van der Waals surface area (Å²) in [5.74, 6) is -0.0875. The molecule has 2 heterocycles. The molecule has 0 aliphatic heterocycles. The SMILES string of the molecule is N#Cc1ccc2cc(-c3ccc(Br)cc3)c(C(=O)c3ccc(Br)cc3)n2c1. The fraction of sp³-hybridized carbons (Fsp3) is 0. The van der Waals surface area contributed by atoms with Crippen LogP contribution in [-0.2, 0) is 0 Å². The number of aromatic nitrogens is 1. The van der Waals surface area contributed by atoms with Gasteiger partial charge in [0.2, 0.25) is 5.78 Å². The third-order valence-corrected chi connectivity index (χ3v) is 5.43. The lowest BCUT2D eigenvalue weighted by Gasteiger charge is -2.07. The second-order valence-electron chi connectivity index (χ2n) is 6.07. The van der Waals surface area contributed by atoms with Gasteiger partial charge in [-0.25, -0.2) is 0 Å². The maximum atomic E-state index is 13.4. The van der Waals surface area contributed by atoms with Crippen molar-refractivity contribution < 1.29 is 4.79 Å². The van der Waals surface area contributed by atoms with Gasteiger partial charge in [0, 0.05) is 31.8 Å². The Bertz CT molecular complexity index is 1200. The first-order valence-corrected chi connectivity index (χ1v) is 9.77. The summed E-state index contributed by atoms with van der Waals surface area (Å²) in [6.45, 7) is 0. The molecule has 3 nitrogen and oxygen atoms in total. The zero-order valence-corrected chi connectivity index (χ0v) is 17.2. The molecule has 0 aliphatic carbocycles. The van der Waals surface area contributed by atoms with Crippen molar-refractivity contribution in [3.63, 3.8) is 0 Å². The predicted octanol–water partition coefficient (Wildman–Crippen LogP) is 6.23. The van der Waals surface area contributed by atoms with E-state index in [0.29, 0.717) is 16.8 Å². The molecule has 130 valence electrons. The molecule has 0 radical (unpaired) electrons. The van der Waals surface area contributed by atoms with Crippen LogP contribution in [0.15, 0.2) is 81.9 Å². The van der Waals surface area contributed by atoms with E-state index in [-0.39, 0.29) is 5.78 Å². The van der Waals surface area contributed by atoms with Crippen LogP contribution in [-0.4, -0.2) is 10.2 Å². The van der Waals surface area contributed by atoms with Gasteiger partial charge in [-0.3, -0.25) is 4.79 Å². The molecule has 0 amide bonds. The second-order valence-corrected chi connectivity index (χ2v) is 7.91. The molecular formula is C22H12Br2N2O. The Balaban J connectivity index is 1.98. The van der Waals surface area contributed by atoms with Gasteiger partial charge in [0.25, 0.3) is 0 Å². The van der Waals surface area contributed by atoms with Gasteiger partial charge in [0.05, 0.1) is 5.56 Å². The van der Waals surface area contributed by atoms with Crippen LogP contribution in [0.1, 0.15) is 21.6 Å². The van der Waals surface area contributed by atoms with Crippen molar-refractivity contribution in [1.29, 1.82) is 5.26 Å². The van der Waals surface area contributed by atoms with E-state index >= 15 is 0 Å². The van der Waals surface area contributed by atoms with Crippen molar-refractivity contribution in [2.45, 2.75) is 0 Å². The highest BCUT2D eigenvalue weighted by molar-refractivity contribution is 9.10. The third-order valence-electron chi connectivity index (χ3n) is 4.37. The summed E-state index contributed by atoms with van der Waals surface area (Å²) in [7, 11) is 0. The zero-order valence-electron chi connectivity index (χ0n) is 14.0. The Kier molecular flexibility index (Phi) is 4.69. The van der Waals surface area contributed by atoms with Crippen LogP contribution in [0.5, 0.6) is 0 Å². The van der Waals surface area contributed by atoms with Crippen molar-refractivity contribution in [3.8, 4) is 17.2 Å². The largest absolute Gasteiger partial charge is 0.312 e. The monoisotopic (exact) mass is 478 g/mol. The number of rotatable bonds is 3. The summed E-state index contributed by atoms with van der Waals surface area (Å²) in [6, 6.07) is 22.9. The van der Waals surface area contributed by atoms with Gasteiger partial charge in [0.1, 0.15) is 11.8 Å². The van der Waals surface area contributed by atoms with Crippen molar-refractivity contribution in [2.24, 2.45) is 0 Å². The normalized spacial score (nSPS) is 10.7. The van der Waals surface area contributed by atoms with E-state index in [1.54, 1.807) is 28.8 Å². The molecule has 0 unspecified atom stereocenters. The summed E-state index contributed by atoms with van der Waals surface area (Å²) < 4.78 is 3.70. The van der Waals surface area contributed by atoms with Gasteiger partial charge in [-0.05, 0) is 60.2 Å². The molecule has 27 heavy (non-hydrogen) atoms. The molecule has 2 aromatic heterocycles. The maximum Gasteiger partial charge on any atom is 0.210 e. The van der Waals surface area contributed by atoms with Gasteiger partial charge in [0.15, 0.2) is 0 Å². The highest BCUT2D eigenvalue weighted by atomic mass is 79.9. The summed E-state index contributed by atoms with van der Waals surface area (Å²) in [6.07, 6.45) is 1.71. The van der Waals surface area contributed by atoms with Crippen LogP contribution in [0.3, 0.4) is 0 Å². The summed E-state index contributed by atoms with van der Waals surface area (Å²) in [5, 5.41) is 9.27. The van der Waals surface area contributed by atoms with E-state index in [4.69, 9.17) is 0 Å². The van der Waals surface area contributed by atoms with Gasteiger partial charge in [-0.15, -0.1) is 0 Å². The molecular weight excluding hydrogens is 468 g/mol. The molecule has 0 saturated carbocycles. The van der Waals surface area contributed by atoms with E-state index in [1.165, 1.54) is 0 Å². The quantitative estimate of drug-likeness (QED) is 0.327. The first-order chi connectivity index (χ1) is 13.1. The number of pyridine rings is 1. The minimum Gasteiger partial charge on any atom is -0.312 e. The first kappa shape index (κ1) is 17.7. The molecule has 0 bridgehead atoms. The number of ketones is 1. The van der Waals surface area contributed by atoms with E-state index in [2.05, 4.69) is 37.9 Å². The van der Waals surface area contributed by atoms with Crippen LogP contribution < -0.4 is 0 Å². The topological polar surface area (TPSA) is 45.3 Å². The van der Waals surface area contributed by atoms with Crippen LogP contribution in [0.4, 0.5) is 0 Å². The number of hydrogen-bond donors (Lipinski definition) is 0. The van der Waals surface area contributed by atoms with Gasteiger partial charge in [-0.1, -0.05) is 44.0 Å². The van der Waals surface area contributed by atoms with E-state index in [1.807, 2.05) is 48.5 Å². The highest BCUT2D eigenvalue weighted by Gasteiger charge is 2.20.